The zero-order chi connectivity index (χ0) is 25.0. The highest BCUT2D eigenvalue weighted by Crippen LogP contribution is 2.44. The van der Waals surface area contributed by atoms with E-state index in [-0.39, 0.29) is 37.4 Å². The van der Waals surface area contributed by atoms with Gasteiger partial charge in [-0.3, -0.25) is 9.59 Å². The van der Waals surface area contributed by atoms with E-state index in [9.17, 15) is 19.5 Å². The van der Waals surface area contributed by atoms with Crippen LogP contribution >= 0.6 is 0 Å². The fraction of sp³-hybridized carbons (Fsp3) is 0.464. The van der Waals surface area contributed by atoms with Crippen molar-refractivity contribution >= 4 is 18.0 Å². The van der Waals surface area contributed by atoms with Gasteiger partial charge in [-0.05, 0) is 41.0 Å². The van der Waals surface area contributed by atoms with Crippen molar-refractivity contribution in [2.24, 2.45) is 17.3 Å². The summed E-state index contributed by atoms with van der Waals surface area (Å²) >= 11 is 0. The third-order valence-electron chi connectivity index (χ3n) is 7.56. The van der Waals surface area contributed by atoms with Gasteiger partial charge in [0.25, 0.3) is 0 Å². The van der Waals surface area contributed by atoms with Crippen molar-refractivity contribution in [2.45, 2.75) is 45.4 Å². The van der Waals surface area contributed by atoms with Crippen LogP contribution in [0.1, 0.15) is 56.6 Å². The summed E-state index contributed by atoms with van der Waals surface area (Å²) in [5.74, 6) is -1.88. The van der Waals surface area contributed by atoms with Crippen LogP contribution in [0.2, 0.25) is 0 Å². The average Bonchev–Trinajstić information content (AvgIpc) is 3.45. The molecule has 0 spiro atoms. The van der Waals surface area contributed by atoms with Crippen LogP contribution in [0.3, 0.4) is 0 Å². The second-order valence-electron chi connectivity index (χ2n) is 10.1. The number of rotatable bonds is 9. The lowest BCUT2D eigenvalue weighted by Crippen LogP contribution is -2.49. The minimum absolute atomic E-state index is 0.0270. The number of carbonyl (C=O) groups is 3. The molecule has 2 aromatic carbocycles. The first kappa shape index (κ1) is 24.8. The monoisotopic (exact) mass is 478 g/mol. The van der Waals surface area contributed by atoms with Gasteiger partial charge in [0.05, 0.1) is 11.3 Å². The molecule has 0 aliphatic heterocycles. The Kier molecular flexibility index (Phi) is 7.43. The predicted octanol–water partition coefficient (Wildman–Crippen LogP) is 4.56. The second kappa shape index (κ2) is 10.5. The van der Waals surface area contributed by atoms with Crippen molar-refractivity contribution in [3.05, 3.63) is 59.7 Å². The van der Waals surface area contributed by atoms with Gasteiger partial charge < -0.3 is 20.5 Å². The number of alkyl carbamates (subject to hydrolysis) is 1. The molecular weight excluding hydrogens is 444 g/mol. The number of benzene rings is 2. The topological polar surface area (TPSA) is 105 Å². The number of amides is 2. The molecule has 2 aromatic rings. The van der Waals surface area contributed by atoms with Gasteiger partial charge in [-0.25, -0.2) is 4.79 Å². The molecule has 3 N–H and O–H groups in total. The summed E-state index contributed by atoms with van der Waals surface area (Å²) in [6, 6.07) is 16.3. The van der Waals surface area contributed by atoms with Crippen molar-refractivity contribution in [2.75, 3.05) is 19.7 Å². The third-order valence-corrected chi connectivity index (χ3v) is 7.56. The molecule has 2 amide bonds. The number of carbonyl (C=O) groups excluding carboxylic acids is 2. The SMILES string of the molecule is CC(C)C(CNC(=O)C1(CNC(=O)OCC2c3ccccc3-c3ccccc32)CCCC1)C(=O)O. The van der Waals surface area contributed by atoms with Gasteiger partial charge in [0, 0.05) is 19.0 Å². The molecule has 1 fully saturated rings. The molecule has 0 radical (unpaired) electrons. The molecule has 1 saturated carbocycles. The molecule has 2 aliphatic carbocycles. The van der Waals surface area contributed by atoms with Crippen LogP contribution in [0.4, 0.5) is 4.79 Å². The van der Waals surface area contributed by atoms with E-state index in [0.29, 0.717) is 12.8 Å². The van der Waals surface area contributed by atoms with Crippen LogP contribution < -0.4 is 10.6 Å². The average molecular weight is 479 g/mol. The van der Waals surface area contributed by atoms with Crippen molar-refractivity contribution in [3.8, 4) is 11.1 Å². The molecule has 0 bridgehead atoms. The van der Waals surface area contributed by atoms with Crippen molar-refractivity contribution in [3.63, 3.8) is 0 Å². The molecule has 0 heterocycles. The third kappa shape index (κ3) is 5.19. The Morgan fingerprint density at radius 1 is 0.971 bits per heavy atom. The van der Waals surface area contributed by atoms with E-state index in [1.165, 1.54) is 11.1 Å². The summed E-state index contributed by atoms with van der Waals surface area (Å²) in [6.07, 6.45) is 2.55. The van der Waals surface area contributed by atoms with Gasteiger partial charge in [0.15, 0.2) is 0 Å². The summed E-state index contributed by atoms with van der Waals surface area (Å²) in [4.78, 5) is 37.2. The molecule has 7 heteroatoms. The van der Waals surface area contributed by atoms with E-state index in [1.807, 2.05) is 38.1 Å². The zero-order valence-electron chi connectivity index (χ0n) is 20.4. The fourth-order valence-corrected chi connectivity index (χ4v) is 5.43. The number of hydrogen-bond acceptors (Lipinski definition) is 4. The molecule has 0 aromatic heterocycles. The van der Waals surface area contributed by atoms with Crippen LogP contribution in [0.15, 0.2) is 48.5 Å². The number of ether oxygens (including phenoxy) is 1. The normalized spacial score (nSPS) is 16.9. The molecule has 0 saturated heterocycles. The van der Waals surface area contributed by atoms with Gasteiger partial charge in [-0.2, -0.15) is 0 Å². The highest BCUT2D eigenvalue weighted by molar-refractivity contribution is 5.84. The quantitative estimate of drug-likeness (QED) is 0.490. The molecule has 7 nitrogen and oxygen atoms in total. The fourth-order valence-electron chi connectivity index (χ4n) is 5.43. The Morgan fingerprint density at radius 2 is 1.54 bits per heavy atom. The minimum atomic E-state index is -0.919. The Bertz CT molecular complexity index is 1040. The molecular formula is C28H34N2O5. The van der Waals surface area contributed by atoms with Crippen LogP contribution in [0.25, 0.3) is 11.1 Å². The largest absolute Gasteiger partial charge is 0.481 e. The summed E-state index contributed by atoms with van der Waals surface area (Å²) in [5.41, 5.74) is 3.89. The van der Waals surface area contributed by atoms with Crippen LogP contribution in [-0.4, -0.2) is 42.8 Å². The Morgan fingerprint density at radius 3 is 2.09 bits per heavy atom. The Hall–Kier alpha value is -3.35. The number of carboxylic acid groups (broad SMARTS) is 1. The lowest BCUT2D eigenvalue weighted by Gasteiger charge is -2.29. The van der Waals surface area contributed by atoms with Gasteiger partial charge in [0.1, 0.15) is 6.61 Å². The molecule has 4 rings (SSSR count). The minimum Gasteiger partial charge on any atom is -0.481 e. The van der Waals surface area contributed by atoms with Gasteiger partial charge >= 0.3 is 12.1 Å². The summed E-state index contributed by atoms with van der Waals surface area (Å²) in [5, 5.41) is 15.1. The van der Waals surface area contributed by atoms with E-state index in [1.54, 1.807) is 0 Å². The van der Waals surface area contributed by atoms with E-state index in [2.05, 4.69) is 34.9 Å². The van der Waals surface area contributed by atoms with Crippen molar-refractivity contribution in [1.82, 2.24) is 10.6 Å². The van der Waals surface area contributed by atoms with Gasteiger partial charge in [-0.1, -0.05) is 75.2 Å². The number of carboxylic acids is 1. The number of aliphatic carboxylic acids is 1. The number of nitrogens with one attached hydrogen (secondary N) is 2. The van der Waals surface area contributed by atoms with Crippen LogP contribution in [-0.2, 0) is 14.3 Å². The number of fused-ring (bicyclic) bond motifs is 3. The molecule has 1 atom stereocenters. The maximum absolute atomic E-state index is 13.1. The lowest BCUT2D eigenvalue weighted by atomic mass is 9.84. The van der Waals surface area contributed by atoms with Crippen molar-refractivity contribution in [1.29, 1.82) is 0 Å². The Labute approximate surface area is 206 Å². The molecule has 35 heavy (non-hydrogen) atoms. The lowest BCUT2D eigenvalue weighted by molar-refractivity contribution is -0.143. The first-order valence-corrected chi connectivity index (χ1v) is 12.4. The predicted molar refractivity (Wildman–Crippen MR) is 133 cm³/mol. The van der Waals surface area contributed by atoms with E-state index >= 15 is 0 Å². The maximum Gasteiger partial charge on any atom is 0.407 e. The number of hydrogen-bond donors (Lipinski definition) is 3. The van der Waals surface area contributed by atoms with Crippen molar-refractivity contribution < 1.29 is 24.2 Å². The standard InChI is InChI=1S/C28H34N2O5/c1-18(2)23(25(31)32)15-29-26(33)28(13-7-8-14-28)17-30-27(34)35-16-24-21-11-5-3-9-19(21)20-10-4-6-12-22(20)24/h3-6,9-12,18,23-24H,7-8,13-17H2,1-2H3,(H,29,33)(H,30,34)(H,31,32). The van der Waals surface area contributed by atoms with Gasteiger partial charge in [-0.15, -0.1) is 0 Å². The van der Waals surface area contributed by atoms with E-state index < -0.39 is 23.4 Å². The highest BCUT2D eigenvalue weighted by Gasteiger charge is 2.42. The highest BCUT2D eigenvalue weighted by atomic mass is 16.5. The first-order valence-electron chi connectivity index (χ1n) is 12.4. The summed E-state index contributed by atoms with van der Waals surface area (Å²) < 4.78 is 5.63. The van der Waals surface area contributed by atoms with Crippen LogP contribution in [0.5, 0.6) is 0 Å². The zero-order valence-corrected chi connectivity index (χ0v) is 20.4. The summed E-state index contributed by atoms with van der Waals surface area (Å²) in [7, 11) is 0. The molecule has 1 unspecified atom stereocenters. The Balaban J connectivity index is 1.35. The first-order chi connectivity index (χ1) is 16.8. The smallest absolute Gasteiger partial charge is 0.407 e. The second-order valence-corrected chi connectivity index (χ2v) is 10.1. The van der Waals surface area contributed by atoms with E-state index in [4.69, 9.17) is 4.74 Å². The molecule has 186 valence electrons. The van der Waals surface area contributed by atoms with E-state index in [0.717, 1.165) is 24.0 Å². The summed E-state index contributed by atoms with van der Waals surface area (Å²) in [6.45, 7) is 4.13. The van der Waals surface area contributed by atoms with Crippen LogP contribution in [0, 0.1) is 17.3 Å². The maximum atomic E-state index is 13.1. The van der Waals surface area contributed by atoms with Gasteiger partial charge in [0.2, 0.25) is 5.91 Å². The molecule has 2 aliphatic rings.